The Bertz CT molecular complexity index is 627. The SMILES string of the molecule is N#Cc1cc(F)ccc1-n1cc(C(N)=O)cn1. The van der Waals surface area contributed by atoms with Gasteiger partial charge in [0.25, 0.3) is 5.91 Å². The molecular weight excluding hydrogens is 223 g/mol. The molecule has 1 aromatic heterocycles. The Morgan fingerprint density at radius 1 is 1.53 bits per heavy atom. The molecule has 5 nitrogen and oxygen atoms in total. The van der Waals surface area contributed by atoms with E-state index in [4.69, 9.17) is 11.0 Å². The van der Waals surface area contributed by atoms with Crippen LogP contribution in [0.25, 0.3) is 5.69 Å². The number of carbonyl (C=O) groups excluding carboxylic acids is 1. The van der Waals surface area contributed by atoms with Crippen molar-refractivity contribution in [2.24, 2.45) is 5.73 Å². The Hall–Kier alpha value is -2.68. The number of nitriles is 1. The Morgan fingerprint density at radius 2 is 2.29 bits per heavy atom. The highest BCUT2D eigenvalue weighted by Gasteiger charge is 2.09. The Balaban J connectivity index is 2.53. The smallest absolute Gasteiger partial charge is 0.251 e. The molecule has 84 valence electrons. The monoisotopic (exact) mass is 230 g/mol. The van der Waals surface area contributed by atoms with Crippen LogP contribution in [-0.2, 0) is 0 Å². The predicted octanol–water partition coefficient (Wildman–Crippen LogP) is 0.982. The molecule has 0 radical (unpaired) electrons. The lowest BCUT2D eigenvalue weighted by Gasteiger charge is -2.03. The molecule has 0 aliphatic rings. The average molecular weight is 230 g/mol. The number of halogens is 1. The molecule has 0 aliphatic heterocycles. The molecule has 17 heavy (non-hydrogen) atoms. The van der Waals surface area contributed by atoms with Gasteiger partial charge in [0.1, 0.15) is 11.9 Å². The largest absolute Gasteiger partial charge is 0.366 e. The number of carbonyl (C=O) groups is 1. The van der Waals surface area contributed by atoms with Gasteiger partial charge in [-0.1, -0.05) is 0 Å². The molecule has 0 atom stereocenters. The first-order valence-electron chi connectivity index (χ1n) is 4.66. The average Bonchev–Trinajstić information content (AvgIpc) is 2.78. The van der Waals surface area contributed by atoms with Gasteiger partial charge in [0.15, 0.2) is 0 Å². The van der Waals surface area contributed by atoms with Crippen molar-refractivity contribution < 1.29 is 9.18 Å². The first kappa shape index (κ1) is 10.8. The van der Waals surface area contributed by atoms with Gasteiger partial charge in [-0.05, 0) is 18.2 Å². The van der Waals surface area contributed by atoms with Gasteiger partial charge >= 0.3 is 0 Å². The highest BCUT2D eigenvalue weighted by Crippen LogP contribution is 2.15. The van der Waals surface area contributed by atoms with Crippen LogP contribution in [0.4, 0.5) is 4.39 Å². The Labute approximate surface area is 95.9 Å². The van der Waals surface area contributed by atoms with Gasteiger partial charge in [-0.25, -0.2) is 9.07 Å². The molecule has 0 saturated heterocycles. The molecule has 6 heteroatoms. The summed E-state index contributed by atoms with van der Waals surface area (Å²) in [4.78, 5) is 10.9. The molecular formula is C11H7FN4O. The van der Waals surface area contributed by atoms with E-state index in [9.17, 15) is 9.18 Å². The fourth-order valence-electron chi connectivity index (χ4n) is 1.38. The summed E-state index contributed by atoms with van der Waals surface area (Å²) in [7, 11) is 0. The summed E-state index contributed by atoms with van der Waals surface area (Å²) in [5.41, 5.74) is 5.82. The van der Waals surface area contributed by atoms with Crippen LogP contribution in [0.5, 0.6) is 0 Å². The van der Waals surface area contributed by atoms with Crippen LogP contribution in [0.15, 0.2) is 30.6 Å². The third-order valence-electron chi connectivity index (χ3n) is 2.19. The van der Waals surface area contributed by atoms with E-state index in [-0.39, 0.29) is 11.1 Å². The summed E-state index contributed by atoms with van der Waals surface area (Å²) in [6.45, 7) is 0. The van der Waals surface area contributed by atoms with Crippen molar-refractivity contribution in [2.75, 3.05) is 0 Å². The molecule has 0 unspecified atom stereocenters. The van der Waals surface area contributed by atoms with E-state index in [0.29, 0.717) is 5.69 Å². The van der Waals surface area contributed by atoms with Gasteiger partial charge in [0.05, 0.1) is 23.0 Å². The zero-order chi connectivity index (χ0) is 12.4. The van der Waals surface area contributed by atoms with Gasteiger partial charge in [-0.3, -0.25) is 4.79 Å². The summed E-state index contributed by atoms with van der Waals surface area (Å²) in [6, 6.07) is 5.57. The standard InChI is InChI=1S/C11H7FN4O/c12-9-1-2-10(7(3-9)4-13)16-6-8(5-15-16)11(14)17/h1-3,5-6H,(H2,14,17). The van der Waals surface area contributed by atoms with Crippen LogP contribution in [0, 0.1) is 17.1 Å². The molecule has 1 amide bonds. The van der Waals surface area contributed by atoms with Crippen molar-refractivity contribution >= 4 is 5.91 Å². The van der Waals surface area contributed by atoms with Crippen LogP contribution in [-0.4, -0.2) is 15.7 Å². The molecule has 2 aromatic rings. The molecule has 1 heterocycles. The third kappa shape index (κ3) is 1.99. The van der Waals surface area contributed by atoms with Crippen molar-refractivity contribution in [1.82, 2.24) is 9.78 Å². The third-order valence-corrected chi connectivity index (χ3v) is 2.19. The minimum atomic E-state index is -0.614. The van der Waals surface area contributed by atoms with E-state index in [2.05, 4.69) is 5.10 Å². The number of primary amides is 1. The number of benzene rings is 1. The van der Waals surface area contributed by atoms with Gasteiger partial charge in [0.2, 0.25) is 0 Å². The van der Waals surface area contributed by atoms with E-state index < -0.39 is 11.7 Å². The van der Waals surface area contributed by atoms with Crippen LogP contribution < -0.4 is 5.73 Å². The second-order valence-electron chi connectivity index (χ2n) is 3.31. The minimum Gasteiger partial charge on any atom is -0.366 e. The summed E-state index contributed by atoms with van der Waals surface area (Å²) in [5, 5.41) is 12.8. The summed E-state index contributed by atoms with van der Waals surface area (Å²) < 4.78 is 14.2. The van der Waals surface area contributed by atoms with Gasteiger partial charge < -0.3 is 5.73 Å². The van der Waals surface area contributed by atoms with Gasteiger partial charge in [-0.2, -0.15) is 10.4 Å². The number of nitrogens with zero attached hydrogens (tertiary/aromatic N) is 3. The van der Waals surface area contributed by atoms with Crippen molar-refractivity contribution in [3.63, 3.8) is 0 Å². The summed E-state index contributed by atoms with van der Waals surface area (Å²) in [6.07, 6.45) is 2.67. The maximum Gasteiger partial charge on any atom is 0.251 e. The lowest BCUT2D eigenvalue weighted by Crippen LogP contribution is -2.09. The summed E-state index contributed by atoms with van der Waals surface area (Å²) >= 11 is 0. The lowest BCUT2D eigenvalue weighted by atomic mass is 10.2. The molecule has 0 aliphatic carbocycles. The van der Waals surface area contributed by atoms with Crippen LogP contribution >= 0.6 is 0 Å². The number of hydrogen-bond acceptors (Lipinski definition) is 3. The number of nitrogens with two attached hydrogens (primary N) is 1. The molecule has 0 fully saturated rings. The highest BCUT2D eigenvalue weighted by atomic mass is 19.1. The van der Waals surface area contributed by atoms with E-state index in [1.54, 1.807) is 0 Å². The van der Waals surface area contributed by atoms with E-state index in [0.717, 1.165) is 6.07 Å². The fraction of sp³-hybridized carbons (Fsp3) is 0. The molecule has 2 rings (SSSR count). The number of amides is 1. The Morgan fingerprint density at radius 3 is 2.88 bits per heavy atom. The van der Waals surface area contributed by atoms with Crippen molar-refractivity contribution in [3.8, 4) is 11.8 Å². The molecule has 2 N–H and O–H groups in total. The van der Waals surface area contributed by atoms with Crippen molar-refractivity contribution in [3.05, 3.63) is 47.5 Å². The minimum absolute atomic E-state index is 0.129. The zero-order valence-electron chi connectivity index (χ0n) is 8.59. The van der Waals surface area contributed by atoms with Crippen LogP contribution in [0.3, 0.4) is 0 Å². The molecule has 0 bridgehead atoms. The quantitative estimate of drug-likeness (QED) is 0.834. The number of aromatic nitrogens is 2. The molecule has 1 aromatic carbocycles. The van der Waals surface area contributed by atoms with Crippen LogP contribution in [0.1, 0.15) is 15.9 Å². The van der Waals surface area contributed by atoms with E-state index >= 15 is 0 Å². The predicted molar refractivity (Wildman–Crippen MR) is 56.8 cm³/mol. The molecule has 0 spiro atoms. The zero-order valence-corrected chi connectivity index (χ0v) is 8.59. The van der Waals surface area contributed by atoms with Gasteiger partial charge in [-0.15, -0.1) is 0 Å². The second kappa shape index (κ2) is 4.06. The van der Waals surface area contributed by atoms with E-state index in [1.165, 1.54) is 29.2 Å². The topological polar surface area (TPSA) is 84.7 Å². The highest BCUT2D eigenvalue weighted by molar-refractivity contribution is 5.92. The lowest BCUT2D eigenvalue weighted by molar-refractivity contribution is 0.100. The van der Waals surface area contributed by atoms with Crippen LogP contribution in [0.2, 0.25) is 0 Å². The summed E-state index contributed by atoms with van der Waals surface area (Å²) in [5.74, 6) is -1.12. The van der Waals surface area contributed by atoms with E-state index in [1.807, 2.05) is 6.07 Å². The van der Waals surface area contributed by atoms with Crippen molar-refractivity contribution in [1.29, 1.82) is 5.26 Å². The van der Waals surface area contributed by atoms with Crippen molar-refractivity contribution in [2.45, 2.75) is 0 Å². The fourth-order valence-corrected chi connectivity index (χ4v) is 1.38. The second-order valence-corrected chi connectivity index (χ2v) is 3.31. The number of rotatable bonds is 2. The molecule has 0 saturated carbocycles. The number of hydrogen-bond donors (Lipinski definition) is 1. The van der Waals surface area contributed by atoms with Gasteiger partial charge in [0, 0.05) is 6.20 Å². The normalized spacial score (nSPS) is 9.88. The maximum absolute atomic E-state index is 12.9. The first-order chi connectivity index (χ1) is 8.11. The maximum atomic E-state index is 12.9. The first-order valence-corrected chi connectivity index (χ1v) is 4.66. The Kier molecular flexibility index (Phi) is 2.58.